The highest BCUT2D eigenvalue weighted by Crippen LogP contribution is 2.08. The topological polar surface area (TPSA) is 43.1 Å². The standard InChI is InChI=1S/C9H13NOS/c10-4-1-2-9(11)6-8-3-5-12-7-8/h3,5,7H,1-2,4,6,10H2. The number of thiophene rings is 1. The van der Waals surface area contributed by atoms with Crippen molar-refractivity contribution in [1.29, 1.82) is 0 Å². The molecule has 0 atom stereocenters. The lowest BCUT2D eigenvalue weighted by Crippen LogP contribution is -2.06. The molecule has 2 nitrogen and oxygen atoms in total. The van der Waals surface area contributed by atoms with E-state index in [1.165, 1.54) is 0 Å². The Morgan fingerprint density at radius 3 is 3.00 bits per heavy atom. The van der Waals surface area contributed by atoms with Gasteiger partial charge in [0, 0.05) is 12.8 Å². The van der Waals surface area contributed by atoms with Gasteiger partial charge in [0.2, 0.25) is 0 Å². The van der Waals surface area contributed by atoms with E-state index < -0.39 is 0 Å². The third-order valence-corrected chi connectivity index (χ3v) is 2.37. The Morgan fingerprint density at radius 1 is 1.58 bits per heavy atom. The van der Waals surface area contributed by atoms with Crippen LogP contribution in [0, 0.1) is 0 Å². The van der Waals surface area contributed by atoms with E-state index in [1.807, 2.05) is 16.8 Å². The van der Waals surface area contributed by atoms with E-state index in [0.717, 1.165) is 12.0 Å². The van der Waals surface area contributed by atoms with Gasteiger partial charge in [-0.15, -0.1) is 0 Å². The fourth-order valence-corrected chi connectivity index (χ4v) is 1.68. The number of carbonyl (C=O) groups is 1. The smallest absolute Gasteiger partial charge is 0.137 e. The lowest BCUT2D eigenvalue weighted by molar-refractivity contribution is -0.118. The first-order chi connectivity index (χ1) is 5.83. The zero-order chi connectivity index (χ0) is 8.81. The van der Waals surface area contributed by atoms with Crippen molar-refractivity contribution in [2.24, 2.45) is 5.73 Å². The summed E-state index contributed by atoms with van der Waals surface area (Å²) in [5.74, 6) is 0.291. The van der Waals surface area contributed by atoms with Crippen molar-refractivity contribution < 1.29 is 4.79 Å². The summed E-state index contributed by atoms with van der Waals surface area (Å²) in [4.78, 5) is 11.2. The molecular weight excluding hydrogens is 170 g/mol. The van der Waals surface area contributed by atoms with Crippen molar-refractivity contribution in [3.05, 3.63) is 22.4 Å². The maximum absolute atomic E-state index is 11.2. The molecule has 2 N–H and O–H groups in total. The third-order valence-electron chi connectivity index (χ3n) is 1.64. The van der Waals surface area contributed by atoms with E-state index >= 15 is 0 Å². The van der Waals surface area contributed by atoms with Crippen LogP contribution in [0.3, 0.4) is 0 Å². The van der Waals surface area contributed by atoms with Gasteiger partial charge in [-0.25, -0.2) is 0 Å². The first-order valence-electron chi connectivity index (χ1n) is 4.06. The lowest BCUT2D eigenvalue weighted by Gasteiger charge is -1.96. The largest absolute Gasteiger partial charge is 0.330 e. The van der Waals surface area contributed by atoms with Gasteiger partial charge in [-0.2, -0.15) is 11.3 Å². The van der Waals surface area contributed by atoms with Crippen LogP contribution in [0.4, 0.5) is 0 Å². The van der Waals surface area contributed by atoms with E-state index in [2.05, 4.69) is 0 Å². The van der Waals surface area contributed by atoms with E-state index in [1.54, 1.807) is 11.3 Å². The molecule has 0 aliphatic rings. The van der Waals surface area contributed by atoms with Crippen molar-refractivity contribution in [1.82, 2.24) is 0 Å². The molecule has 0 amide bonds. The van der Waals surface area contributed by atoms with Crippen molar-refractivity contribution in [2.45, 2.75) is 19.3 Å². The number of nitrogens with two attached hydrogens (primary N) is 1. The van der Waals surface area contributed by atoms with Gasteiger partial charge in [0.05, 0.1) is 0 Å². The highest BCUT2D eigenvalue weighted by molar-refractivity contribution is 7.07. The number of Topliss-reactive ketones (excluding diaryl/α,β-unsaturated/α-hetero) is 1. The van der Waals surface area contributed by atoms with E-state index in [0.29, 0.717) is 25.2 Å². The Labute approximate surface area is 76.4 Å². The van der Waals surface area contributed by atoms with Crippen molar-refractivity contribution in [3.8, 4) is 0 Å². The monoisotopic (exact) mass is 183 g/mol. The van der Waals surface area contributed by atoms with E-state index in [9.17, 15) is 4.79 Å². The second kappa shape index (κ2) is 5.06. The molecule has 0 aromatic carbocycles. The zero-order valence-corrected chi connectivity index (χ0v) is 7.77. The summed E-state index contributed by atoms with van der Waals surface area (Å²) in [5.41, 5.74) is 6.43. The molecule has 1 aromatic heterocycles. The molecule has 0 unspecified atom stereocenters. The summed E-state index contributed by atoms with van der Waals surface area (Å²) in [5, 5.41) is 4.01. The van der Waals surface area contributed by atoms with Crippen LogP contribution >= 0.6 is 11.3 Å². The van der Waals surface area contributed by atoms with Gasteiger partial charge in [-0.1, -0.05) is 0 Å². The number of hydrogen-bond donors (Lipinski definition) is 1. The van der Waals surface area contributed by atoms with Gasteiger partial charge in [0.1, 0.15) is 5.78 Å². The zero-order valence-electron chi connectivity index (χ0n) is 6.95. The van der Waals surface area contributed by atoms with E-state index in [-0.39, 0.29) is 0 Å². The fourth-order valence-electron chi connectivity index (χ4n) is 1.01. The predicted molar refractivity (Wildman–Crippen MR) is 51.3 cm³/mol. The number of rotatable bonds is 5. The molecule has 0 aliphatic carbocycles. The minimum absolute atomic E-state index is 0.291. The molecule has 0 aliphatic heterocycles. The molecule has 0 spiro atoms. The summed E-state index contributed by atoms with van der Waals surface area (Å²) in [6.45, 7) is 0.607. The first kappa shape index (κ1) is 9.42. The van der Waals surface area contributed by atoms with Gasteiger partial charge in [-0.3, -0.25) is 4.79 Å². The maximum atomic E-state index is 11.2. The minimum atomic E-state index is 0.291. The van der Waals surface area contributed by atoms with Gasteiger partial charge < -0.3 is 5.73 Å². The van der Waals surface area contributed by atoms with Crippen LogP contribution in [0.2, 0.25) is 0 Å². The second-order valence-electron chi connectivity index (χ2n) is 2.74. The summed E-state index contributed by atoms with van der Waals surface area (Å²) in [7, 11) is 0. The molecule has 12 heavy (non-hydrogen) atoms. The second-order valence-corrected chi connectivity index (χ2v) is 3.52. The van der Waals surface area contributed by atoms with Gasteiger partial charge in [-0.05, 0) is 35.4 Å². The molecular formula is C9H13NOS. The van der Waals surface area contributed by atoms with Crippen LogP contribution in [0.15, 0.2) is 16.8 Å². The summed E-state index contributed by atoms with van der Waals surface area (Å²) < 4.78 is 0. The number of carbonyl (C=O) groups excluding carboxylic acids is 1. The fraction of sp³-hybridized carbons (Fsp3) is 0.444. The molecule has 1 rings (SSSR count). The third kappa shape index (κ3) is 3.15. The van der Waals surface area contributed by atoms with Crippen LogP contribution in [0.5, 0.6) is 0 Å². The maximum Gasteiger partial charge on any atom is 0.137 e. The molecule has 3 heteroatoms. The molecule has 0 saturated carbocycles. The van der Waals surface area contributed by atoms with Crippen LogP contribution in [-0.2, 0) is 11.2 Å². The number of hydrogen-bond acceptors (Lipinski definition) is 3. The first-order valence-corrected chi connectivity index (χ1v) is 5.00. The molecule has 0 radical (unpaired) electrons. The Hall–Kier alpha value is -0.670. The predicted octanol–water partition coefficient (Wildman–Crippen LogP) is 1.60. The molecule has 1 heterocycles. The van der Waals surface area contributed by atoms with E-state index in [4.69, 9.17) is 5.73 Å². The molecule has 1 aromatic rings. The van der Waals surface area contributed by atoms with Crippen molar-refractivity contribution in [2.75, 3.05) is 6.54 Å². The SMILES string of the molecule is NCCCC(=O)Cc1ccsc1. The summed E-state index contributed by atoms with van der Waals surface area (Å²) in [6.07, 6.45) is 2.00. The Balaban J connectivity index is 2.27. The van der Waals surface area contributed by atoms with Crippen LogP contribution in [0.25, 0.3) is 0 Å². The Morgan fingerprint density at radius 2 is 2.42 bits per heavy atom. The highest BCUT2D eigenvalue weighted by Gasteiger charge is 2.02. The van der Waals surface area contributed by atoms with Crippen molar-refractivity contribution >= 4 is 17.1 Å². The van der Waals surface area contributed by atoms with Gasteiger partial charge in [0.25, 0.3) is 0 Å². The Bertz CT molecular complexity index is 231. The Kier molecular flexibility index (Phi) is 3.97. The number of ketones is 1. The van der Waals surface area contributed by atoms with Crippen LogP contribution < -0.4 is 5.73 Å². The molecule has 66 valence electrons. The van der Waals surface area contributed by atoms with Crippen molar-refractivity contribution in [3.63, 3.8) is 0 Å². The van der Waals surface area contributed by atoms with Gasteiger partial charge >= 0.3 is 0 Å². The molecule has 0 fully saturated rings. The van der Waals surface area contributed by atoms with Gasteiger partial charge in [0.15, 0.2) is 0 Å². The summed E-state index contributed by atoms with van der Waals surface area (Å²) in [6, 6.07) is 1.99. The average Bonchev–Trinajstić information content (AvgIpc) is 2.53. The normalized spacial score (nSPS) is 10.1. The summed E-state index contributed by atoms with van der Waals surface area (Å²) >= 11 is 1.63. The minimum Gasteiger partial charge on any atom is -0.330 e. The lowest BCUT2D eigenvalue weighted by atomic mass is 10.1. The van der Waals surface area contributed by atoms with Crippen LogP contribution in [0.1, 0.15) is 18.4 Å². The quantitative estimate of drug-likeness (QED) is 0.753. The van der Waals surface area contributed by atoms with Crippen LogP contribution in [-0.4, -0.2) is 12.3 Å². The molecule has 0 bridgehead atoms. The average molecular weight is 183 g/mol. The molecule has 0 saturated heterocycles. The highest BCUT2D eigenvalue weighted by atomic mass is 32.1.